The third-order valence-corrected chi connectivity index (χ3v) is 5.44. The van der Waals surface area contributed by atoms with Gasteiger partial charge < -0.3 is 0 Å². The summed E-state index contributed by atoms with van der Waals surface area (Å²) in [4.78, 5) is 16.7. The number of halogens is 2. The van der Waals surface area contributed by atoms with Gasteiger partial charge >= 0.3 is 0 Å². The van der Waals surface area contributed by atoms with Gasteiger partial charge in [0.1, 0.15) is 5.52 Å². The van der Waals surface area contributed by atoms with Crippen LogP contribution in [0, 0.1) is 0 Å². The zero-order valence-electron chi connectivity index (χ0n) is 12.7. The van der Waals surface area contributed by atoms with E-state index in [1.54, 1.807) is 30.3 Å². The van der Waals surface area contributed by atoms with Gasteiger partial charge in [0.25, 0.3) is 5.91 Å². The molecule has 0 aliphatic heterocycles. The molecular weight excluding hydrogens is 405 g/mol. The number of amides is 1. The molecule has 0 saturated carbocycles. The molecule has 0 saturated heterocycles. The Labute approximate surface area is 157 Å². The standard InChI is InChI=1S/C15H11Cl2N3O3S2/c1-25(22,23)20-9-4-2-3-8(7-9)14(21)19-15-18-13-11(24-15)6-5-10(16)12(13)17/h2-7,20H,1H3,(H,18,19,21). The number of hydrogen-bond acceptors (Lipinski definition) is 5. The summed E-state index contributed by atoms with van der Waals surface area (Å²) in [6.07, 6.45) is 1.04. The molecule has 0 aliphatic rings. The van der Waals surface area contributed by atoms with E-state index in [1.165, 1.54) is 17.4 Å². The van der Waals surface area contributed by atoms with E-state index < -0.39 is 15.9 Å². The minimum Gasteiger partial charge on any atom is -0.298 e. The van der Waals surface area contributed by atoms with Gasteiger partial charge in [0.2, 0.25) is 10.0 Å². The molecule has 0 unspecified atom stereocenters. The fourth-order valence-corrected chi connectivity index (χ4v) is 3.94. The van der Waals surface area contributed by atoms with Crippen LogP contribution < -0.4 is 10.0 Å². The number of sulfonamides is 1. The van der Waals surface area contributed by atoms with E-state index in [9.17, 15) is 13.2 Å². The van der Waals surface area contributed by atoms with Crippen molar-refractivity contribution in [1.82, 2.24) is 4.98 Å². The lowest BCUT2D eigenvalue weighted by Gasteiger charge is -2.06. The Kier molecular flexibility index (Phi) is 4.88. The molecule has 2 N–H and O–H groups in total. The van der Waals surface area contributed by atoms with Crippen LogP contribution in [0.4, 0.5) is 10.8 Å². The van der Waals surface area contributed by atoms with Crippen LogP contribution in [0.5, 0.6) is 0 Å². The molecule has 130 valence electrons. The van der Waals surface area contributed by atoms with Gasteiger partial charge in [0.05, 0.1) is 21.0 Å². The quantitative estimate of drug-likeness (QED) is 0.667. The predicted octanol–water partition coefficient (Wildman–Crippen LogP) is 4.23. The first kappa shape index (κ1) is 17.9. The number of anilines is 2. The molecule has 0 aliphatic carbocycles. The van der Waals surface area contributed by atoms with Gasteiger partial charge in [0, 0.05) is 11.3 Å². The van der Waals surface area contributed by atoms with E-state index in [0.29, 0.717) is 26.4 Å². The van der Waals surface area contributed by atoms with E-state index >= 15 is 0 Å². The van der Waals surface area contributed by atoms with Gasteiger partial charge in [-0.05, 0) is 30.3 Å². The first-order chi connectivity index (χ1) is 11.7. The Bertz CT molecular complexity index is 1080. The van der Waals surface area contributed by atoms with Crippen LogP contribution in [0.1, 0.15) is 10.4 Å². The lowest BCUT2D eigenvalue weighted by Crippen LogP contribution is -2.13. The summed E-state index contributed by atoms with van der Waals surface area (Å²) >= 11 is 13.3. The Morgan fingerprint density at radius 3 is 2.68 bits per heavy atom. The number of carbonyl (C=O) groups excluding carboxylic acids is 1. The topological polar surface area (TPSA) is 88.2 Å². The Morgan fingerprint density at radius 2 is 1.96 bits per heavy atom. The second kappa shape index (κ2) is 6.80. The summed E-state index contributed by atoms with van der Waals surface area (Å²) in [5.74, 6) is -0.418. The second-order valence-electron chi connectivity index (χ2n) is 5.14. The average Bonchev–Trinajstić information content (AvgIpc) is 2.93. The highest BCUT2D eigenvalue weighted by molar-refractivity contribution is 7.92. The molecule has 0 atom stereocenters. The molecular formula is C15H11Cl2N3O3S2. The summed E-state index contributed by atoms with van der Waals surface area (Å²) in [6, 6.07) is 9.58. The van der Waals surface area contributed by atoms with Gasteiger partial charge in [-0.3, -0.25) is 14.8 Å². The van der Waals surface area contributed by atoms with E-state index in [1.807, 2.05) is 0 Å². The van der Waals surface area contributed by atoms with Crippen molar-refractivity contribution in [3.8, 4) is 0 Å². The Hall–Kier alpha value is -1.87. The lowest BCUT2D eigenvalue weighted by molar-refractivity contribution is 0.102. The molecule has 25 heavy (non-hydrogen) atoms. The zero-order chi connectivity index (χ0) is 18.2. The minimum atomic E-state index is -3.42. The molecule has 1 heterocycles. The van der Waals surface area contributed by atoms with Crippen LogP contribution in [0.25, 0.3) is 10.2 Å². The first-order valence-corrected chi connectivity index (χ1v) is 10.3. The van der Waals surface area contributed by atoms with Crippen molar-refractivity contribution < 1.29 is 13.2 Å². The van der Waals surface area contributed by atoms with E-state index in [0.717, 1.165) is 11.0 Å². The molecule has 0 spiro atoms. The van der Waals surface area contributed by atoms with Crippen LogP contribution in [0.3, 0.4) is 0 Å². The van der Waals surface area contributed by atoms with E-state index in [2.05, 4.69) is 15.0 Å². The monoisotopic (exact) mass is 415 g/mol. The molecule has 3 rings (SSSR count). The fourth-order valence-electron chi connectivity index (χ4n) is 2.10. The molecule has 3 aromatic rings. The summed E-state index contributed by atoms with van der Waals surface area (Å²) in [5.41, 5.74) is 1.10. The van der Waals surface area contributed by atoms with Crippen molar-refractivity contribution in [2.75, 3.05) is 16.3 Å². The molecule has 2 aromatic carbocycles. The lowest BCUT2D eigenvalue weighted by atomic mass is 10.2. The number of aromatic nitrogens is 1. The smallest absolute Gasteiger partial charge is 0.257 e. The second-order valence-corrected chi connectivity index (χ2v) is 8.70. The third-order valence-electron chi connectivity index (χ3n) is 3.10. The van der Waals surface area contributed by atoms with Gasteiger partial charge in [-0.25, -0.2) is 13.4 Å². The number of rotatable bonds is 4. The number of benzene rings is 2. The van der Waals surface area contributed by atoms with Crippen molar-refractivity contribution in [2.45, 2.75) is 0 Å². The van der Waals surface area contributed by atoms with E-state index in [4.69, 9.17) is 23.2 Å². The van der Waals surface area contributed by atoms with Gasteiger partial charge in [-0.2, -0.15) is 0 Å². The van der Waals surface area contributed by atoms with Crippen molar-refractivity contribution in [3.63, 3.8) is 0 Å². The van der Waals surface area contributed by atoms with Crippen molar-refractivity contribution in [3.05, 3.63) is 52.0 Å². The summed E-state index contributed by atoms with van der Waals surface area (Å²) in [7, 11) is -3.42. The maximum absolute atomic E-state index is 12.4. The van der Waals surface area contributed by atoms with Gasteiger partial charge in [-0.15, -0.1) is 0 Å². The molecule has 10 heteroatoms. The third kappa shape index (κ3) is 4.21. The summed E-state index contributed by atoms with van der Waals surface area (Å²) < 4.78 is 25.7. The van der Waals surface area contributed by atoms with Crippen LogP contribution in [0.2, 0.25) is 10.0 Å². The number of nitrogens with zero attached hydrogens (tertiary/aromatic N) is 1. The maximum atomic E-state index is 12.4. The van der Waals surface area contributed by atoms with Gasteiger partial charge in [0.15, 0.2) is 5.13 Å². The molecule has 1 aromatic heterocycles. The highest BCUT2D eigenvalue weighted by Gasteiger charge is 2.14. The summed E-state index contributed by atoms with van der Waals surface area (Å²) in [6.45, 7) is 0. The van der Waals surface area contributed by atoms with Crippen molar-refractivity contribution >= 4 is 71.5 Å². The Balaban J connectivity index is 1.85. The zero-order valence-corrected chi connectivity index (χ0v) is 15.9. The number of hydrogen-bond donors (Lipinski definition) is 2. The van der Waals surface area contributed by atoms with Crippen molar-refractivity contribution in [2.24, 2.45) is 0 Å². The van der Waals surface area contributed by atoms with E-state index in [-0.39, 0.29) is 5.56 Å². The largest absolute Gasteiger partial charge is 0.298 e. The number of thiazole rings is 1. The fraction of sp³-hybridized carbons (Fsp3) is 0.0667. The van der Waals surface area contributed by atoms with Crippen molar-refractivity contribution in [1.29, 1.82) is 0 Å². The molecule has 1 amide bonds. The average molecular weight is 416 g/mol. The molecule has 0 bridgehead atoms. The Morgan fingerprint density at radius 1 is 1.20 bits per heavy atom. The predicted molar refractivity (Wildman–Crippen MR) is 103 cm³/mol. The number of fused-ring (bicyclic) bond motifs is 1. The normalized spacial score (nSPS) is 11.5. The van der Waals surface area contributed by atoms with Crippen LogP contribution in [0.15, 0.2) is 36.4 Å². The van der Waals surface area contributed by atoms with Crippen LogP contribution >= 0.6 is 34.5 Å². The van der Waals surface area contributed by atoms with Gasteiger partial charge in [-0.1, -0.05) is 40.6 Å². The molecule has 0 radical (unpaired) electrons. The maximum Gasteiger partial charge on any atom is 0.257 e. The number of nitrogens with one attached hydrogen (secondary N) is 2. The molecule has 6 nitrogen and oxygen atoms in total. The van der Waals surface area contributed by atoms with Crippen LogP contribution in [-0.4, -0.2) is 25.6 Å². The number of carbonyl (C=O) groups is 1. The minimum absolute atomic E-state index is 0.289. The highest BCUT2D eigenvalue weighted by Crippen LogP contribution is 2.35. The van der Waals surface area contributed by atoms with Crippen LogP contribution in [-0.2, 0) is 10.0 Å². The first-order valence-electron chi connectivity index (χ1n) is 6.87. The SMILES string of the molecule is CS(=O)(=O)Nc1cccc(C(=O)Nc2nc3c(Cl)c(Cl)ccc3s2)c1. The highest BCUT2D eigenvalue weighted by atomic mass is 35.5. The molecule has 0 fully saturated rings. The summed E-state index contributed by atoms with van der Waals surface area (Å²) in [5, 5.41) is 3.76.